The molecule has 4 heterocycles. The zero-order valence-corrected chi connectivity index (χ0v) is 49.6. The molecule has 4 saturated heterocycles. The average Bonchev–Trinajstić information content (AvgIpc) is 2.58. The lowest BCUT2D eigenvalue weighted by atomic mass is 9.99. The summed E-state index contributed by atoms with van der Waals surface area (Å²) in [5.74, 6) is -0.913. The maximum atomic E-state index is 14.9. The van der Waals surface area contributed by atoms with Crippen molar-refractivity contribution >= 4 is 59.1 Å². The molecule has 0 aromatic heterocycles. The number of phenolic OH excluding ortho intramolecular Hbond substituents is 1. The van der Waals surface area contributed by atoms with E-state index in [1.54, 1.807) is 56.3 Å². The quantitative estimate of drug-likeness (QED) is 0.0270. The summed E-state index contributed by atoms with van der Waals surface area (Å²) in [7, 11) is 0. The van der Waals surface area contributed by atoms with Crippen LogP contribution in [0.1, 0.15) is 94.4 Å². The van der Waals surface area contributed by atoms with Crippen LogP contribution in [0.3, 0.4) is 0 Å². The predicted octanol–water partition coefficient (Wildman–Crippen LogP) is 1.04. The van der Waals surface area contributed by atoms with Crippen molar-refractivity contribution < 1.29 is 53.1 Å². The third-order valence-electron chi connectivity index (χ3n) is 16.9. The number of rotatable bonds is 24. The van der Waals surface area contributed by atoms with Gasteiger partial charge in [0.25, 0.3) is 5.91 Å². The minimum absolute atomic E-state index is 0.0322. The number of hydrogen-bond donors (Lipinski definition) is 9. The van der Waals surface area contributed by atoms with Crippen molar-refractivity contribution in [1.29, 1.82) is 0 Å². The zero-order valence-electron chi connectivity index (χ0n) is 49.6. The Hall–Kier alpha value is -8.70. The fraction of sp³-hybridized carbons (Fsp3) is 0.469. The van der Waals surface area contributed by atoms with E-state index in [2.05, 4.69) is 26.6 Å². The second kappa shape index (κ2) is 30.1. The molecule has 23 heteroatoms. The Morgan fingerprint density at radius 1 is 0.448 bits per heavy atom. The molecule has 11 N–H and O–H groups in total. The summed E-state index contributed by atoms with van der Waals surface area (Å²) in [6, 6.07) is 22.8. The Balaban J connectivity index is 0.978. The predicted molar refractivity (Wildman–Crippen MR) is 322 cm³/mol. The lowest BCUT2D eigenvalue weighted by Gasteiger charge is -2.34. The minimum Gasteiger partial charge on any atom is -0.508 e. The molecule has 0 saturated carbocycles. The number of phenols is 1. The van der Waals surface area contributed by atoms with Crippen molar-refractivity contribution in [2.24, 2.45) is 17.5 Å². The van der Waals surface area contributed by atoms with Gasteiger partial charge in [0.05, 0.1) is 6.04 Å². The number of nitrogens with two attached hydrogens (primary N) is 2. The molecule has 0 unspecified atom stereocenters. The van der Waals surface area contributed by atoms with Crippen molar-refractivity contribution in [2.45, 2.75) is 158 Å². The largest absolute Gasteiger partial charge is 0.508 e. The number of amides is 10. The summed E-state index contributed by atoms with van der Waals surface area (Å²) in [4.78, 5) is 148. The maximum Gasteiger partial charge on any atom is 0.256 e. The van der Waals surface area contributed by atoms with Gasteiger partial charge in [0.15, 0.2) is 0 Å². The van der Waals surface area contributed by atoms with Gasteiger partial charge >= 0.3 is 0 Å². The average molecular weight is 1200 g/mol. The first-order valence-electron chi connectivity index (χ1n) is 30.2. The highest BCUT2D eigenvalue weighted by Gasteiger charge is 2.47. The van der Waals surface area contributed by atoms with Crippen LogP contribution in [0.15, 0.2) is 115 Å². The molecule has 4 aliphatic rings. The standard InChI is InChI=1S/C64H82N12O11/c1-39(2)54(64(87)76-34-16-26-53(76)63(86)73-31-13-23-50(73)59(82)67-40(3)55(78)72-66)71-58(81)48(36-42-19-9-5-10-20-42)68-57(80)47(37-44-27-29-45(77)30-28-44)69-60(83)51-24-14-32-74(51)62(85)52-25-15-33-75(52)61(84)49(38-43-21-11-6-12-22-43)70-56(79)46(65)35-41-17-7-4-8-18-41/h4-12,17-22,27-30,39-40,46-54,77H,13-16,23-26,31-38,65-66H2,1-3H3,(H,67,82)(H,68,80)(H,69,83)(H,70,79)(H,71,81)(H,72,78)/t40-,46-,47-,48-,49-,50-,51-,52-,53-,54-/m0/s1. The number of carbonyl (C=O) groups excluding carboxylic acids is 10. The molecule has 4 aromatic carbocycles. The number of carbonyl (C=O) groups is 10. The number of hydrogen-bond acceptors (Lipinski definition) is 13. The van der Waals surface area contributed by atoms with Crippen LogP contribution in [-0.2, 0) is 73.6 Å². The van der Waals surface area contributed by atoms with Crippen LogP contribution in [0.5, 0.6) is 5.75 Å². The topological polar surface area (TPSA) is 328 Å². The van der Waals surface area contributed by atoms with E-state index >= 15 is 0 Å². The van der Waals surface area contributed by atoms with E-state index in [0.717, 1.165) is 11.1 Å². The lowest BCUT2D eigenvalue weighted by Crippen LogP contribution is -2.61. The molecule has 4 fully saturated rings. The van der Waals surface area contributed by atoms with Crippen LogP contribution in [0, 0.1) is 5.92 Å². The van der Waals surface area contributed by atoms with Gasteiger partial charge in [0, 0.05) is 45.4 Å². The third kappa shape index (κ3) is 16.4. The van der Waals surface area contributed by atoms with Gasteiger partial charge < -0.3 is 57.0 Å². The number of nitrogens with one attached hydrogen (secondary N) is 6. The zero-order chi connectivity index (χ0) is 62.3. The molecular formula is C64H82N12O11. The Morgan fingerprint density at radius 2 is 0.839 bits per heavy atom. The first-order chi connectivity index (χ1) is 41.8. The minimum atomic E-state index is -1.35. The maximum absolute atomic E-state index is 14.9. The third-order valence-corrected chi connectivity index (χ3v) is 16.9. The van der Waals surface area contributed by atoms with Gasteiger partial charge in [-0.05, 0) is 105 Å². The highest BCUT2D eigenvalue weighted by atomic mass is 16.3. The number of aromatic hydroxyl groups is 1. The first kappa shape index (κ1) is 64.3. The molecular weight excluding hydrogens is 1110 g/mol. The van der Waals surface area contributed by atoms with Crippen molar-refractivity contribution in [3.05, 3.63) is 138 Å². The highest BCUT2D eigenvalue weighted by Crippen LogP contribution is 2.29. The molecule has 4 aliphatic heterocycles. The molecule has 87 heavy (non-hydrogen) atoms. The van der Waals surface area contributed by atoms with E-state index in [9.17, 15) is 53.1 Å². The monoisotopic (exact) mass is 1190 g/mol. The summed E-state index contributed by atoms with van der Waals surface area (Å²) in [6.45, 7) is 5.85. The molecule has 4 aromatic rings. The van der Waals surface area contributed by atoms with Gasteiger partial charge in [-0.15, -0.1) is 0 Å². The van der Waals surface area contributed by atoms with E-state index in [-0.39, 0.29) is 64.0 Å². The molecule has 8 rings (SSSR count). The van der Waals surface area contributed by atoms with Crippen LogP contribution in [-0.4, -0.2) is 170 Å². The number of benzene rings is 4. The summed E-state index contributed by atoms with van der Waals surface area (Å²) < 4.78 is 0. The molecule has 10 amide bonds. The highest BCUT2D eigenvalue weighted by molar-refractivity contribution is 5.99. The van der Waals surface area contributed by atoms with Crippen LogP contribution in [0.2, 0.25) is 0 Å². The molecule has 23 nitrogen and oxygen atoms in total. The number of hydrazine groups is 1. The Labute approximate surface area is 507 Å². The Kier molecular flexibility index (Phi) is 22.2. The van der Waals surface area contributed by atoms with Gasteiger partial charge in [0.2, 0.25) is 53.2 Å². The molecule has 0 radical (unpaired) electrons. The molecule has 10 atom stereocenters. The summed E-state index contributed by atoms with van der Waals surface area (Å²) in [6.07, 6.45) is 3.39. The number of nitrogens with zero attached hydrogens (tertiary/aromatic N) is 4. The molecule has 0 spiro atoms. The van der Waals surface area contributed by atoms with E-state index in [4.69, 9.17) is 11.6 Å². The van der Waals surface area contributed by atoms with Gasteiger partial charge in [-0.1, -0.05) is 117 Å². The number of likely N-dealkylation sites (tertiary alicyclic amines) is 4. The Morgan fingerprint density at radius 3 is 1.32 bits per heavy atom. The van der Waals surface area contributed by atoms with Gasteiger partial charge in [-0.3, -0.25) is 53.4 Å². The van der Waals surface area contributed by atoms with Gasteiger partial charge in [-0.2, -0.15) is 0 Å². The van der Waals surface area contributed by atoms with E-state index in [0.29, 0.717) is 56.1 Å². The second-order valence-corrected chi connectivity index (χ2v) is 23.5. The van der Waals surface area contributed by atoms with Crippen LogP contribution in [0.25, 0.3) is 0 Å². The van der Waals surface area contributed by atoms with E-state index in [1.165, 1.54) is 38.7 Å². The summed E-state index contributed by atoms with van der Waals surface area (Å²) >= 11 is 0. The first-order valence-corrected chi connectivity index (χ1v) is 30.2. The SMILES string of the molecule is CC(C)[C@H](NC(=O)[C@H](Cc1ccccc1)NC(=O)[C@H](Cc1ccc(O)cc1)NC(=O)[C@@H]1CCCN1C(=O)[C@@H]1CCCN1C(=O)[C@H](Cc1ccccc1)NC(=O)[C@@H](N)Cc1ccccc1)C(=O)N1CCC[C@H]1C(=O)N1CCC[C@H]1C(=O)N[C@@H](C)C(=O)NN. The molecule has 0 aliphatic carbocycles. The summed E-state index contributed by atoms with van der Waals surface area (Å²) in [5.41, 5.74) is 11.2. The van der Waals surface area contributed by atoms with E-state index in [1.807, 2.05) is 66.1 Å². The second-order valence-electron chi connectivity index (χ2n) is 23.5. The fourth-order valence-corrected chi connectivity index (χ4v) is 12.2. The van der Waals surface area contributed by atoms with Gasteiger partial charge in [-0.25, -0.2) is 5.84 Å². The molecule has 464 valence electrons. The molecule has 0 bridgehead atoms. The van der Waals surface area contributed by atoms with E-state index < -0.39 is 125 Å². The summed E-state index contributed by atoms with van der Waals surface area (Å²) in [5, 5.41) is 24.3. The van der Waals surface area contributed by atoms with Crippen molar-refractivity contribution in [3.8, 4) is 5.75 Å². The van der Waals surface area contributed by atoms with Gasteiger partial charge in [0.1, 0.15) is 60.1 Å². The Bertz CT molecular complexity index is 3080. The van der Waals surface area contributed by atoms with Crippen LogP contribution < -0.4 is 43.6 Å². The van der Waals surface area contributed by atoms with Crippen molar-refractivity contribution in [3.63, 3.8) is 0 Å². The van der Waals surface area contributed by atoms with Crippen LogP contribution in [0.4, 0.5) is 0 Å². The normalized spacial score (nSPS) is 20.3. The lowest BCUT2D eigenvalue weighted by molar-refractivity contribution is -0.148. The smallest absolute Gasteiger partial charge is 0.256 e. The fourth-order valence-electron chi connectivity index (χ4n) is 12.2. The van der Waals surface area contributed by atoms with Crippen LogP contribution >= 0.6 is 0 Å². The van der Waals surface area contributed by atoms with Crippen molar-refractivity contribution in [1.82, 2.24) is 51.6 Å². The van der Waals surface area contributed by atoms with Crippen molar-refractivity contribution in [2.75, 3.05) is 26.2 Å².